The number of hydrogen-bond donors (Lipinski definition) is 0. The molecule has 2 atom stereocenters. The van der Waals surface area contributed by atoms with E-state index in [1.165, 1.54) is 22.3 Å². The van der Waals surface area contributed by atoms with Crippen molar-refractivity contribution >= 4 is 15.4 Å². The zero-order valence-electron chi connectivity index (χ0n) is 20.3. The minimum atomic E-state index is -0.427. The third kappa shape index (κ3) is 4.32. The first-order chi connectivity index (χ1) is 12.9. The summed E-state index contributed by atoms with van der Waals surface area (Å²) in [6.07, 6.45) is 0. The van der Waals surface area contributed by atoms with Crippen LogP contribution < -0.4 is 9.34 Å². The van der Waals surface area contributed by atoms with Crippen LogP contribution in [0.1, 0.15) is 77.6 Å². The highest BCUT2D eigenvalue weighted by Gasteiger charge is 2.29. The van der Waals surface area contributed by atoms with E-state index >= 15 is 0 Å². The van der Waals surface area contributed by atoms with E-state index in [4.69, 9.17) is 0 Å². The van der Waals surface area contributed by atoms with Gasteiger partial charge in [-0.3, -0.25) is 9.34 Å². The summed E-state index contributed by atoms with van der Waals surface area (Å²) in [4.78, 5) is 0. The Balaban J connectivity index is 2.86. The summed E-state index contributed by atoms with van der Waals surface area (Å²) in [7, 11) is -0.854. The average molecular weight is 421 g/mol. The first-order valence-corrected chi connectivity index (χ1v) is 13.6. The number of nitrogens with zero attached hydrogens (tertiary/aromatic N) is 2. The van der Waals surface area contributed by atoms with Crippen LogP contribution in [-0.4, -0.2) is 24.2 Å². The van der Waals surface area contributed by atoms with Crippen LogP contribution >= 0.6 is 15.4 Å². The van der Waals surface area contributed by atoms with Crippen LogP contribution in [0.3, 0.4) is 0 Å². The minimum Gasteiger partial charge on any atom is -0.256 e. The highest BCUT2D eigenvalue weighted by Crippen LogP contribution is 2.58. The minimum absolute atomic E-state index is 0.427. The second kappa shape index (κ2) is 9.09. The monoisotopic (exact) mass is 420 g/mol. The average Bonchev–Trinajstić information content (AvgIpc) is 2.96. The largest absolute Gasteiger partial charge is 0.256 e. The molecule has 2 nitrogen and oxygen atoms in total. The second-order valence-electron chi connectivity index (χ2n) is 9.40. The molecular weight excluding hydrogens is 378 g/mol. The van der Waals surface area contributed by atoms with E-state index in [0.717, 1.165) is 0 Å². The molecule has 0 aromatic carbocycles. The number of aryl methyl sites for hydroxylation is 2. The van der Waals surface area contributed by atoms with Crippen molar-refractivity contribution in [1.29, 1.82) is 0 Å². The molecule has 0 aliphatic rings. The molecule has 2 rings (SSSR count). The summed E-state index contributed by atoms with van der Waals surface area (Å²) >= 11 is 0. The van der Waals surface area contributed by atoms with Gasteiger partial charge in [0.1, 0.15) is 0 Å². The van der Waals surface area contributed by atoms with E-state index in [1.807, 2.05) is 0 Å². The molecule has 0 saturated carbocycles. The fraction of sp³-hybridized carbons (Fsp3) is 0.667. The maximum Gasteiger partial charge on any atom is 0.0241 e. The molecule has 2 heterocycles. The number of hydrogen-bond acceptors (Lipinski definition) is 2. The predicted molar refractivity (Wildman–Crippen MR) is 133 cm³/mol. The Hall–Kier alpha value is -0.520. The lowest BCUT2D eigenvalue weighted by atomic mass is 10.1. The molecule has 0 aliphatic carbocycles. The van der Waals surface area contributed by atoms with Gasteiger partial charge in [-0.2, -0.15) is 0 Å². The molecule has 2 aromatic rings. The maximum absolute atomic E-state index is 2.75. The number of rotatable bonds is 7. The topological polar surface area (TPSA) is 6.48 Å². The van der Waals surface area contributed by atoms with Crippen LogP contribution in [-0.2, 0) is 0 Å². The molecule has 0 N–H and O–H groups in total. The lowest BCUT2D eigenvalue weighted by Crippen LogP contribution is -2.35. The Labute approximate surface area is 176 Å². The molecule has 0 radical (unpaired) electrons. The lowest BCUT2D eigenvalue weighted by Gasteiger charge is -2.34. The highest BCUT2D eigenvalue weighted by atomic mass is 31.1. The summed E-state index contributed by atoms with van der Waals surface area (Å²) in [5.41, 5.74) is 6.00. The molecule has 158 valence electrons. The van der Waals surface area contributed by atoms with Crippen molar-refractivity contribution < 1.29 is 0 Å². The van der Waals surface area contributed by atoms with Crippen LogP contribution in [0.4, 0.5) is 0 Å². The lowest BCUT2D eigenvalue weighted by molar-refractivity contribution is 0.650. The summed E-state index contributed by atoms with van der Waals surface area (Å²) in [5.74, 6) is 5.16. The van der Waals surface area contributed by atoms with Gasteiger partial charge in [0, 0.05) is 34.8 Å². The quantitative estimate of drug-likeness (QED) is 0.447. The first kappa shape index (κ1) is 23.8. The van der Waals surface area contributed by atoms with E-state index in [9.17, 15) is 0 Å². The van der Waals surface area contributed by atoms with Crippen LogP contribution in [0.15, 0.2) is 11.6 Å². The van der Waals surface area contributed by atoms with Gasteiger partial charge in [-0.1, -0.05) is 0 Å². The molecular formula is C24H42N2P2. The highest BCUT2D eigenvalue weighted by molar-refractivity contribution is 7.59. The maximum atomic E-state index is 2.75. The fourth-order valence-electron chi connectivity index (χ4n) is 4.53. The van der Waals surface area contributed by atoms with Crippen molar-refractivity contribution in [3.63, 3.8) is 0 Å². The van der Waals surface area contributed by atoms with Crippen LogP contribution in [0.5, 0.6) is 0 Å². The van der Waals surface area contributed by atoms with Gasteiger partial charge in [0.25, 0.3) is 0 Å². The molecule has 28 heavy (non-hydrogen) atoms. The van der Waals surface area contributed by atoms with Crippen molar-refractivity contribution in [1.82, 2.24) is 0 Å². The molecule has 0 aliphatic heterocycles. The Morgan fingerprint density at radius 3 is 1.00 bits per heavy atom. The van der Waals surface area contributed by atoms with E-state index < -0.39 is 15.4 Å². The van der Waals surface area contributed by atoms with E-state index in [0.29, 0.717) is 24.2 Å². The van der Waals surface area contributed by atoms with Gasteiger partial charge in [0.15, 0.2) is 0 Å². The second-order valence-corrected chi connectivity index (χ2v) is 13.1. The van der Waals surface area contributed by atoms with E-state index in [-0.39, 0.29) is 0 Å². The smallest absolute Gasteiger partial charge is 0.0241 e. The Morgan fingerprint density at radius 2 is 0.786 bits per heavy atom. The van der Waals surface area contributed by atoms with Gasteiger partial charge in [0.05, 0.1) is 0 Å². The molecule has 0 amide bonds. The third-order valence-electron chi connectivity index (χ3n) is 5.82. The standard InChI is InChI=1S/C24H42N2P2/c1-15(2)25(16(3)4)27-13-19(9)21(11)23(27)24-22(12)20(10)14-28(24)26(17(5)6)18(7)8/h13-18H,1-12H3. The zero-order chi connectivity index (χ0) is 21.5. The molecule has 0 spiro atoms. The fourth-order valence-corrected chi connectivity index (χ4v) is 11.1. The normalized spacial score (nSPS) is 14.1. The third-order valence-corrected chi connectivity index (χ3v) is 12.1. The van der Waals surface area contributed by atoms with Crippen molar-refractivity contribution in [2.45, 2.75) is 107 Å². The predicted octanol–water partition coefficient (Wildman–Crippen LogP) is 8.07. The zero-order valence-corrected chi connectivity index (χ0v) is 22.0. The summed E-state index contributed by atoms with van der Waals surface area (Å²) < 4.78 is 5.50. The first-order valence-electron chi connectivity index (χ1n) is 10.8. The Morgan fingerprint density at radius 1 is 0.536 bits per heavy atom. The van der Waals surface area contributed by atoms with E-state index in [2.05, 4.69) is 104 Å². The van der Waals surface area contributed by atoms with Gasteiger partial charge in [-0.05, 0) is 132 Å². The molecule has 0 saturated heterocycles. The summed E-state index contributed by atoms with van der Waals surface area (Å²) in [6.45, 7) is 28.2. The van der Waals surface area contributed by atoms with Crippen LogP contribution in [0.25, 0.3) is 10.6 Å². The molecule has 0 fully saturated rings. The van der Waals surface area contributed by atoms with Crippen molar-refractivity contribution in [2.75, 3.05) is 9.34 Å². The molecule has 2 unspecified atom stereocenters. The van der Waals surface area contributed by atoms with Gasteiger partial charge >= 0.3 is 0 Å². The summed E-state index contributed by atoms with van der Waals surface area (Å²) in [5, 5.41) is 3.30. The summed E-state index contributed by atoms with van der Waals surface area (Å²) in [6, 6.07) is 2.19. The van der Waals surface area contributed by atoms with E-state index in [1.54, 1.807) is 10.6 Å². The van der Waals surface area contributed by atoms with Gasteiger partial charge < -0.3 is 0 Å². The van der Waals surface area contributed by atoms with Crippen molar-refractivity contribution in [2.24, 2.45) is 0 Å². The Bertz CT molecular complexity index is 725. The Kier molecular flexibility index (Phi) is 7.72. The van der Waals surface area contributed by atoms with Gasteiger partial charge in [-0.15, -0.1) is 0 Å². The van der Waals surface area contributed by atoms with Gasteiger partial charge in [-0.25, -0.2) is 0 Å². The van der Waals surface area contributed by atoms with Crippen LogP contribution in [0.2, 0.25) is 0 Å². The SMILES string of the molecule is Cc1cp(N(C(C)C)C(C)C)c(-c2c(C)c(C)cp2N(C(C)C)C(C)C)c1C. The van der Waals surface area contributed by atoms with Crippen LogP contribution in [0, 0.1) is 27.7 Å². The van der Waals surface area contributed by atoms with Crippen molar-refractivity contribution in [3.05, 3.63) is 33.9 Å². The molecule has 0 bridgehead atoms. The molecule has 4 heteroatoms. The van der Waals surface area contributed by atoms with Crippen molar-refractivity contribution in [3.8, 4) is 10.6 Å². The molecule has 2 aromatic heterocycles. The van der Waals surface area contributed by atoms with Gasteiger partial charge in [0.2, 0.25) is 0 Å².